The van der Waals surface area contributed by atoms with Crippen LogP contribution in [-0.2, 0) is 4.74 Å². The zero-order valence-corrected chi connectivity index (χ0v) is 12.9. The summed E-state index contributed by atoms with van der Waals surface area (Å²) in [6, 6.07) is 3.02. The topological polar surface area (TPSA) is 41.6 Å². The highest BCUT2D eigenvalue weighted by molar-refractivity contribution is 5.94. The van der Waals surface area contributed by atoms with Gasteiger partial charge in [-0.05, 0) is 24.1 Å². The van der Waals surface area contributed by atoms with Crippen LogP contribution in [0.25, 0.3) is 0 Å². The molecule has 22 heavy (non-hydrogen) atoms. The van der Waals surface area contributed by atoms with Crippen LogP contribution in [0.2, 0.25) is 0 Å². The molecular formula is C16H22F2N2O2. The Balaban J connectivity index is 1.99. The molecule has 1 atom stereocenters. The third-order valence-corrected chi connectivity index (χ3v) is 3.93. The van der Waals surface area contributed by atoms with Crippen molar-refractivity contribution in [2.24, 2.45) is 5.92 Å². The quantitative estimate of drug-likeness (QED) is 0.905. The molecule has 0 radical (unpaired) electrons. The van der Waals surface area contributed by atoms with Crippen molar-refractivity contribution in [2.75, 3.05) is 32.8 Å². The molecule has 2 rings (SSSR count). The lowest BCUT2D eigenvalue weighted by atomic mass is 10.0. The fourth-order valence-electron chi connectivity index (χ4n) is 2.66. The molecule has 1 aromatic carbocycles. The van der Waals surface area contributed by atoms with Crippen molar-refractivity contribution in [2.45, 2.75) is 19.9 Å². The number of morpholine rings is 1. The lowest BCUT2D eigenvalue weighted by Crippen LogP contribution is -2.51. The Kier molecular flexibility index (Phi) is 5.85. The summed E-state index contributed by atoms with van der Waals surface area (Å²) in [5, 5.41) is 2.72. The summed E-state index contributed by atoms with van der Waals surface area (Å²) in [5.41, 5.74) is -0.260. The molecule has 0 bridgehead atoms. The Hall–Kier alpha value is -1.53. The smallest absolute Gasteiger partial charge is 0.254 e. The molecule has 0 aromatic heterocycles. The van der Waals surface area contributed by atoms with Gasteiger partial charge in [0, 0.05) is 25.7 Å². The summed E-state index contributed by atoms with van der Waals surface area (Å²) in [6.45, 7) is 7.53. The minimum Gasteiger partial charge on any atom is -0.379 e. The maximum atomic E-state index is 13.6. The van der Waals surface area contributed by atoms with E-state index in [2.05, 4.69) is 24.1 Å². The second-order valence-electron chi connectivity index (χ2n) is 5.79. The fourth-order valence-corrected chi connectivity index (χ4v) is 2.66. The summed E-state index contributed by atoms with van der Waals surface area (Å²) < 4.78 is 32.1. The zero-order chi connectivity index (χ0) is 16.1. The number of nitrogens with zero attached hydrogens (tertiary/aromatic N) is 1. The summed E-state index contributed by atoms with van der Waals surface area (Å²) in [5.74, 6) is -1.60. The second kappa shape index (κ2) is 7.65. The van der Waals surface area contributed by atoms with Crippen LogP contribution in [0.3, 0.4) is 0 Å². The molecule has 0 saturated carbocycles. The summed E-state index contributed by atoms with van der Waals surface area (Å²) in [7, 11) is 0. The average molecular weight is 312 g/mol. The van der Waals surface area contributed by atoms with E-state index in [0.29, 0.717) is 25.7 Å². The Labute approximate surface area is 129 Å². The number of ether oxygens (including phenoxy) is 1. The van der Waals surface area contributed by atoms with E-state index in [1.54, 1.807) is 0 Å². The Bertz CT molecular complexity index is 517. The van der Waals surface area contributed by atoms with Crippen molar-refractivity contribution in [3.8, 4) is 0 Å². The highest BCUT2D eigenvalue weighted by atomic mass is 19.1. The number of benzene rings is 1. The molecule has 1 aliphatic rings. The van der Waals surface area contributed by atoms with Crippen molar-refractivity contribution in [3.63, 3.8) is 0 Å². The van der Waals surface area contributed by atoms with Crippen LogP contribution in [0, 0.1) is 17.6 Å². The summed E-state index contributed by atoms with van der Waals surface area (Å²) in [6.07, 6.45) is 0. The van der Waals surface area contributed by atoms with Gasteiger partial charge < -0.3 is 10.1 Å². The predicted octanol–water partition coefficient (Wildman–Crippen LogP) is 2.05. The fraction of sp³-hybridized carbons (Fsp3) is 0.562. The molecule has 1 aliphatic heterocycles. The lowest BCUT2D eigenvalue weighted by Gasteiger charge is -2.36. The van der Waals surface area contributed by atoms with Crippen LogP contribution >= 0.6 is 0 Å². The van der Waals surface area contributed by atoms with Gasteiger partial charge in [-0.1, -0.05) is 13.8 Å². The van der Waals surface area contributed by atoms with Crippen molar-refractivity contribution in [1.29, 1.82) is 0 Å². The number of hydrogen-bond acceptors (Lipinski definition) is 3. The van der Waals surface area contributed by atoms with E-state index >= 15 is 0 Å². The number of hydrogen-bond donors (Lipinski definition) is 1. The number of nitrogens with one attached hydrogen (secondary N) is 1. The summed E-state index contributed by atoms with van der Waals surface area (Å²) >= 11 is 0. The van der Waals surface area contributed by atoms with E-state index < -0.39 is 17.5 Å². The van der Waals surface area contributed by atoms with Crippen molar-refractivity contribution in [3.05, 3.63) is 35.4 Å². The predicted molar refractivity (Wildman–Crippen MR) is 79.7 cm³/mol. The van der Waals surface area contributed by atoms with Crippen LogP contribution in [0.1, 0.15) is 24.2 Å². The normalized spacial score (nSPS) is 17.5. The molecule has 1 heterocycles. The van der Waals surface area contributed by atoms with E-state index in [1.807, 2.05) is 0 Å². The Morgan fingerprint density at radius 3 is 2.64 bits per heavy atom. The van der Waals surface area contributed by atoms with Gasteiger partial charge in [0.25, 0.3) is 5.91 Å². The third kappa shape index (κ3) is 4.24. The molecule has 6 heteroatoms. The van der Waals surface area contributed by atoms with Gasteiger partial charge in [-0.3, -0.25) is 9.69 Å². The van der Waals surface area contributed by atoms with Gasteiger partial charge in [-0.25, -0.2) is 8.78 Å². The second-order valence-corrected chi connectivity index (χ2v) is 5.79. The monoisotopic (exact) mass is 312 g/mol. The van der Waals surface area contributed by atoms with Crippen molar-refractivity contribution < 1.29 is 18.3 Å². The number of carbonyl (C=O) groups excluding carboxylic acids is 1. The lowest BCUT2D eigenvalue weighted by molar-refractivity contribution is 0.00672. The highest BCUT2D eigenvalue weighted by Gasteiger charge is 2.24. The number of halogens is 2. The highest BCUT2D eigenvalue weighted by Crippen LogP contribution is 2.13. The van der Waals surface area contributed by atoms with Crippen LogP contribution in [0.5, 0.6) is 0 Å². The first-order valence-electron chi connectivity index (χ1n) is 7.54. The van der Waals surface area contributed by atoms with Gasteiger partial charge in [0.2, 0.25) is 0 Å². The first kappa shape index (κ1) is 16.8. The first-order valence-corrected chi connectivity index (χ1v) is 7.54. The van der Waals surface area contributed by atoms with Crippen molar-refractivity contribution in [1.82, 2.24) is 10.2 Å². The number of carbonyl (C=O) groups is 1. The molecule has 1 saturated heterocycles. The van der Waals surface area contributed by atoms with E-state index in [0.717, 1.165) is 31.3 Å². The van der Waals surface area contributed by atoms with Gasteiger partial charge in [0.1, 0.15) is 11.6 Å². The maximum Gasteiger partial charge on any atom is 0.254 e. The molecule has 122 valence electrons. The molecule has 0 spiro atoms. The van der Waals surface area contributed by atoms with Crippen LogP contribution < -0.4 is 5.32 Å². The number of rotatable bonds is 5. The molecule has 1 amide bonds. The Morgan fingerprint density at radius 2 is 2.00 bits per heavy atom. The maximum absolute atomic E-state index is 13.6. The van der Waals surface area contributed by atoms with Gasteiger partial charge in [-0.15, -0.1) is 0 Å². The molecule has 0 aliphatic carbocycles. The van der Waals surface area contributed by atoms with E-state index in [4.69, 9.17) is 4.74 Å². The van der Waals surface area contributed by atoms with Gasteiger partial charge in [0.15, 0.2) is 0 Å². The van der Waals surface area contributed by atoms with E-state index in [1.165, 1.54) is 0 Å². The molecular weight excluding hydrogens is 290 g/mol. The van der Waals surface area contributed by atoms with E-state index in [9.17, 15) is 13.6 Å². The van der Waals surface area contributed by atoms with Crippen LogP contribution in [0.4, 0.5) is 8.78 Å². The van der Waals surface area contributed by atoms with Crippen LogP contribution in [0.15, 0.2) is 18.2 Å². The third-order valence-electron chi connectivity index (χ3n) is 3.93. The largest absolute Gasteiger partial charge is 0.379 e. The first-order chi connectivity index (χ1) is 10.5. The van der Waals surface area contributed by atoms with Gasteiger partial charge in [-0.2, -0.15) is 0 Å². The molecule has 1 unspecified atom stereocenters. The van der Waals surface area contributed by atoms with Crippen LogP contribution in [-0.4, -0.2) is 49.7 Å². The minimum absolute atomic E-state index is 0.143. The Morgan fingerprint density at radius 1 is 1.32 bits per heavy atom. The van der Waals surface area contributed by atoms with Crippen molar-refractivity contribution >= 4 is 5.91 Å². The molecule has 1 fully saturated rings. The molecule has 1 aromatic rings. The van der Waals surface area contributed by atoms with Gasteiger partial charge in [0.05, 0.1) is 18.8 Å². The summed E-state index contributed by atoms with van der Waals surface area (Å²) in [4.78, 5) is 14.3. The van der Waals surface area contributed by atoms with E-state index in [-0.39, 0.29) is 11.6 Å². The number of amides is 1. The molecule has 4 nitrogen and oxygen atoms in total. The zero-order valence-electron chi connectivity index (χ0n) is 12.9. The average Bonchev–Trinajstić information content (AvgIpc) is 2.50. The van der Waals surface area contributed by atoms with Gasteiger partial charge >= 0.3 is 0 Å². The molecule has 1 N–H and O–H groups in total. The standard InChI is InChI=1S/C16H22F2N2O2/c1-11(2)15(20-5-7-22-8-6-20)10-19-16(21)13-9-12(17)3-4-14(13)18/h3-4,9,11,15H,5-8,10H2,1-2H3,(H,19,21). The minimum atomic E-state index is -0.716. The SMILES string of the molecule is CC(C)C(CNC(=O)c1cc(F)ccc1F)N1CCOCC1.